The maximum absolute atomic E-state index is 10.6. The first-order valence-corrected chi connectivity index (χ1v) is 6.62. The van der Waals surface area contributed by atoms with E-state index in [1.165, 1.54) is 19.1 Å². The van der Waals surface area contributed by atoms with Gasteiger partial charge in [0, 0.05) is 0 Å². The number of nitrogens with one attached hydrogen (secondary N) is 1. The van der Waals surface area contributed by atoms with Crippen LogP contribution in [-0.2, 0) is 9.59 Å². The fourth-order valence-corrected chi connectivity index (χ4v) is 1.53. The lowest BCUT2D eigenvalue weighted by Gasteiger charge is -2.01. The van der Waals surface area contributed by atoms with Gasteiger partial charge in [-0.15, -0.1) is 5.43 Å². The zero-order chi connectivity index (χ0) is 17.8. The Hall–Kier alpha value is -3.16. The molecule has 8 nitrogen and oxygen atoms in total. The number of hydrazine groups is 1. The van der Waals surface area contributed by atoms with Gasteiger partial charge in [0.05, 0.1) is 11.1 Å². The van der Waals surface area contributed by atoms with Gasteiger partial charge in [0.1, 0.15) is 5.69 Å². The number of rotatable bonds is 6. The van der Waals surface area contributed by atoms with Crippen molar-refractivity contribution in [2.24, 2.45) is 0 Å². The lowest BCUT2D eigenvalue weighted by molar-refractivity contribution is -0.445. The maximum Gasteiger partial charge on any atom is 0.336 e. The Morgan fingerprint density at radius 3 is 2.04 bits per heavy atom. The number of nitro groups is 1. The molecule has 0 spiro atoms. The number of carboxylic acid groups (broad SMARTS) is 2. The van der Waals surface area contributed by atoms with Crippen molar-refractivity contribution < 1.29 is 24.8 Å². The predicted octanol–water partition coefficient (Wildman–Crippen LogP) is 2.73. The Kier molecular flexibility index (Phi) is 9.10. The molecule has 8 heteroatoms. The van der Waals surface area contributed by atoms with Crippen molar-refractivity contribution in [2.45, 2.75) is 20.3 Å². The van der Waals surface area contributed by atoms with Crippen LogP contribution in [0, 0.1) is 10.1 Å². The summed E-state index contributed by atoms with van der Waals surface area (Å²) in [5.74, 6) is -2.43. The van der Waals surface area contributed by atoms with E-state index in [1.807, 2.05) is 5.43 Å². The van der Waals surface area contributed by atoms with Crippen LogP contribution < -0.4 is 5.43 Å². The van der Waals surface area contributed by atoms with Crippen molar-refractivity contribution in [3.63, 3.8) is 0 Å². The Bertz CT molecular complexity index is 608. The SMILES string of the molecule is CC=C(C(=O)O)C(=CCC)C(=O)O.O=[N+]([O-])Nc1ccccc1. The monoisotopic (exact) mass is 322 g/mol. The lowest BCUT2D eigenvalue weighted by Crippen LogP contribution is -2.11. The van der Waals surface area contributed by atoms with E-state index in [2.05, 4.69) is 0 Å². The van der Waals surface area contributed by atoms with E-state index in [9.17, 15) is 19.7 Å². The summed E-state index contributed by atoms with van der Waals surface area (Å²) in [5.41, 5.74) is 2.19. The quantitative estimate of drug-likeness (QED) is 0.318. The van der Waals surface area contributed by atoms with Gasteiger partial charge in [-0.05, 0) is 25.5 Å². The van der Waals surface area contributed by atoms with Crippen molar-refractivity contribution in [1.82, 2.24) is 0 Å². The van der Waals surface area contributed by atoms with Crippen LogP contribution in [0.3, 0.4) is 0 Å². The summed E-state index contributed by atoms with van der Waals surface area (Å²) in [5, 5.41) is 26.6. The smallest absolute Gasteiger partial charge is 0.336 e. The van der Waals surface area contributed by atoms with E-state index in [-0.39, 0.29) is 11.1 Å². The molecule has 0 saturated carbocycles. The summed E-state index contributed by atoms with van der Waals surface area (Å²) in [7, 11) is 0. The highest BCUT2D eigenvalue weighted by Gasteiger charge is 2.17. The molecule has 0 amide bonds. The first kappa shape index (κ1) is 19.8. The molecule has 3 N–H and O–H groups in total. The first-order chi connectivity index (χ1) is 10.8. The number of para-hydroxylation sites is 1. The van der Waals surface area contributed by atoms with Gasteiger partial charge in [-0.1, -0.05) is 37.3 Å². The Labute approximate surface area is 132 Å². The number of aliphatic carboxylic acids is 2. The molecule has 0 bridgehead atoms. The molecule has 1 aromatic rings. The fraction of sp³-hybridized carbons (Fsp3) is 0.200. The molecule has 0 atom stereocenters. The summed E-state index contributed by atoms with van der Waals surface area (Å²) in [6.45, 7) is 3.24. The molecule has 0 saturated heterocycles. The summed E-state index contributed by atoms with van der Waals surface area (Å²) < 4.78 is 0. The number of benzene rings is 1. The molecule has 0 aliphatic rings. The molecule has 124 valence electrons. The molecule has 0 unspecified atom stereocenters. The van der Waals surface area contributed by atoms with Crippen LogP contribution in [0.1, 0.15) is 20.3 Å². The standard InChI is InChI=1S/C9H12O4.C6H6N2O2/c1-3-5-7(9(12)13)6(4-2)8(10)11;9-8(10)7-6-4-2-1-3-5-6/h4-5H,3H2,1-2H3,(H,10,11)(H,12,13);1-5,7H. The number of anilines is 1. The summed E-state index contributed by atoms with van der Waals surface area (Å²) in [4.78, 5) is 31.1. The van der Waals surface area contributed by atoms with Crippen molar-refractivity contribution in [3.8, 4) is 0 Å². The first-order valence-electron chi connectivity index (χ1n) is 6.62. The number of nitrogens with zero attached hydrogens (tertiary/aromatic N) is 1. The van der Waals surface area contributed by atoms with Crippen LogP contribution in [0.5, 0.6) is 0 Å². The van der Waals surface area contributed by atoms with E-state index in [4.69, 9.17) is 10.2 Å². The highest BCUT2D eigenvalue weighted by atomic mass is 16.7. The molecule has 1 rings (SSSR count). The van der Waals surface area contributed by atoms with Gasteiger partial charge in [-0.25, -0.2) is 19.7 Å². The lowest BCUT2D eigenvalue weighted by atomic mass is 10.1. The molecule has 23 heavy (non-hydrogen) atoms. The highest BCUT2D eigenvalue weighted by molar-refractivity contribution is 6.05. The van der Waals surface area contributed by atoms with Crippen LogP contribution in [0.2, 0.25) is 0 Å². The Balaban J connectivity index is 0.000000433. The van der Waals surface area contributed by atoms with Gasteiger partial charge in [-0.2, -0.15) is 0 Å². The molecule has 0 aromatic heterocycles. The van der Waals surface area contributed by atoms with Crippen molar-refractivity contribution in [3.05, 3.63) is 63.7 Å². The maximum atomic E-state index is 10.6. The van der Waals surface area contributed by atoms with E-state index in [1.54, 1.807) is 37.3 Å². The molecule has 0 aliphatic carbocycles. The minimum Gasteiger partial charge on any atom is -0.478 e. The van der Waals surface area contributed by atoms with Crippen LogP contribution in [0.15, 0.2) is 53.6 Å². The van der Waals surface area contributed by atoms with Crippen molar-refractivity contribution in [2.75, 3.05) is 5.43 Å². The Morgan fingerprint density at radius 2 is 1.70 bits per heavy atom. The summed E-state index contributed by atoms with van der Waals surface area (Å²) in [6.07, 6.45) is 3.15. The second-order valence-corrected chi connectivity index (χ2v) is 4.07. The zero-order valence-corrected chi connectivity index (χ0v) is 12.7. The van der Waals surface area contributed by atoms with Gasteiger partial charge in [0.2, 0.25) is 0 Å². The molecule has 0 heterocycles. The van der Waals surface area contributed by atoms with E-state index in [0.29, 0.717) is 12.1 Å². The van der Waals surface area contributed by atoms with Gasteiger partial charge in [0.15, 0.2) is 5.03 Å². The van der Waals surface area contributed by atoms with Crippen LogP contribution in [-0.4, -0.2) is 27.2 Å². The van der Waals surface area contributed by atoms with Gasteiger partial charge in [0.25, 0.3) is 0 Å². The van der Waals surface area contributed by atoms with E-state index < -0.39 is 17.0 Å². The molecular weight excluding hydrogens is 304 g/mol. The second-order valence-electron chi connectivity index (χ2n) is 4.07. The number of allylic oxidation sites excluding steroid dienone is 2. The van der Waals surface area contributed by atoms with Crippen LogP contribution in [0.25, 0.3) is 0 Å². The van der Waals surface area contributed by atoms with Gasteiger partial charge >= 0.3 is 11.9 Å². The highest BCUT2D eigenvalue weighted by Crippen LogP contribution is 2.11. The minimum atomic E-state index is -1.22. The second kappa shape index (κ2) is 10.6. The number of carboxylic acids is 2. The average molecular weight is 322 g/mol. The van der Waals surface area contributed by atoms with Crippen molar-refractivity contribution in [1.29, 1.82) is 0 Å². The third kappa shape index (κ3) is 8.00. The average Bonchev–Trinajstić information content (AvgIpc) is 2.47. The minimum absolute atomic E-state index is 0.155. The van der Waals surface area contributed by atoms with E-state index >= 15 is 0 Å². The zero-order valence-electron chi connectivity index (χ0n) is 12.7. The summed E-state index contributed by atoms with van der Waals surface area (Å²) >= 11 is 0. The molecule has 0 fully saturated rings. The largest absolute Gasteiger partial charge is 0.478 e. The molecule has 0 radical (unpaired) electrons. The van der Waals surface area contributed by atoms with Crippen LogP contribution in [0.4, 0.5) is 5.69 Å². The van der Waals surface area contributed by atoms with Gasteiger partial charge < -0.3 is 10.2 Å². The normalized spacial score (nSPS) is 11.0. The summed E-state index contributed by atoms with van der Waals surface area (Å²) in [6, 6.07) is 8.51. The van der Waals surface area contributed by atoms with E-state index in [0.717, 1.165) is 0 Å². The fourth-order valence-electron chi connectivity index (χ4n) is 1.53. The predicted molar refractivity (Wildman–Crippen MR) is 84.5 cm³/mol. The number of hydrogen-bond donors (Lipinski definition) is 3. The van der Waals surface area contributed by atoms with Gasteiger partial charge in [-0.3, -0.25) is 0 Å². The Morgan fingerprint density at radius 1 is 1.17 bits per heavy atom. The third-order valence-corrected chi connectivity index (χ3v) is 2.44. The molecule has 0 aliphatic heterocycles. The van der Waals surface area contributed by atoms with Crippen molar-refractivity contribution >= 4 is 17.6 Å². The third-order valence-electron chi connectivity index (χ3n) is 2.44. The molecule has 1 aromatic carbocycles. The van der Waals surface area contributed by atoms with Crippen LogP contribution >= 0.6 is 0 Å². The molecular formula is C15H18N2O6. The number of carbonyl (C=O) groups is 2. The number of hydrogen-bond acceptors (Lipinski definition) is 4. The topological polar surface area (TPSA) is 130 Å².